The Kier molecular flexibility index (Phi) is 1.01. The van der Waals surface area contributed by atoms with Crippen molar-refractivity contribution in [2.75, 3.05) is 0 Å². The van der Waals surface area contributed by atoms with Crippen molar-refractivity contribution in [3.63, 3.8) is 0 Å². The molecule has 1 nitrogen and oxygen atoms in total. The quantitative estimate of drug-likeness (QED) is 0.547. The molecule has 1 aromatic carbocycles. The molecule has 0 aliphatic heterocycles. The maximum absolute atomic E-state index is 12.4. The van der Waals surface area contributed by atoms with Gasteiger partial charge in [0, 0.05) is 9.68 Å². The number of halogens is 1. The average Bonchev–Trinajstić information content (AvgIpc) is 2.03. The van der Waals surface area contributed by atoms with Gasteiger partial charge in [0.15, 0.2) is 5.78 Å². The van der Waals surface area contributed by atoms with E-state index < -0.39 is 18.5 Å². The van der Waals surface area contributed by atoms with Gasteiger partial charge in [-0.3, -0.25) is 4.79 Å². The van der Waals surface area contributed by atoms with Crippen LogP contribution < -0.4 is 0 Å². The fourth-order valence-electron chi connectivity index (χ4n) is 0.601. The second-order valence-electron chi connectivity index (χ2n) is 1.84. The molecule has 0 radical (unpaired) electrons. The van der Waals surface area contributed by atoms with Gasteiger partial charge in [0.1, 0.15) is 5.82 Å². The summed E-state index contributed by atoms with van der Waals surface area (Å²) in [6.07, 6.45) is 0. The SMILES string of the molecule is [2H]C([2H])([2H])C(=O)c1ccc(F)cc1. The third-order valence-corrected chi connectivity index (χ3v) is 1.11. The number of ketones is 1. The summed E-state index contributed by atoms with van der Waals surface area (Å²) in [6, 6.07) is 4.42. The van der Waals surface area contributed by atoms with Gasteiger partial charge in [0.25, 0.3) is 0 Å². The Balaban J connectivity index is 2.97. The summed E-state index contributed by atoms with van der Waals surface area (Å²) in [5.74, 6) is -1.46. The van der Waals surface area contributed by atoms with Crippen LogP contribution in [0.2, 0.25) is 0 Å². The van der Waals surface area contributed by atoms with Crippen molar-refractivity contribution in [2.45, 2.75) is 6.85 Å². The number of Topliss-reactive ketones (excluding diaryl/α,β-unsaturated/α-hetero) is 1. The highest BCUT2D eigenvalue weighted by Crippen LogP contribution is 2.02. The summed E-state index contributed by atoms with van der Waals surface area (Å²) in [4.78, 5) is 11.1. The van der Waals surface area contributed by atoms with E-state index in [0.29, 0.717) is 0 Å². The summed E-state index contributed by atoms with van der Waals surface area (Å²) in [5, 5.41) is 0. The van der Waals surface area contributed by atoms with Crippen molar-refractivity contribution >= 4 is 5.78 Å². The predicted molar refractivity (Wildman–Crippen MR) is 36.4 cm³/mol. The summed E-state index contributed by atoms with van der Waals surface area (Å²) >= 11 is 0. The van der Waals surface area contributed by atoms with Gasteiger partial charge >= 0.3 is 0 Å². The van der Waals surface area contributed by atoms with E-state index in [1.54, 1.807) is 0 Å². The lowest BCUT2D eigenvalue weighted by molar-refractivity contribution is 0.101. The highest BCUT2D eigenvalue weighted by Gasteiger charge is 1.96. The second kappa shape index (κ2) is 2.60. The molecule has 10 heavy (non-hydrogen) atoms. The van der Waals surface area contributed by atoms with Gasteiger partial charge in [-0.25, -0.2) is 4.39 Å². The van der Waals surface area contributed by atoms with Gasteiger partial charge in [-0.1, -0.05) is 0 Å². The Morgan fingerprint density at radius 3 is 2.60 bits per heavy atom. The smallest absolute Gasteiger partial charge is 0.159 e. The van der Waals surface area contributed by atoms with E-state index in [1.807, 2.05) is 0 Å². The summed E-state index contributed by atoms with van der Waals surface area (Å²) in [5.41, 5.74) is 0.00130. The molecule has 0 aliphatic carbocycles. The zero-order valence-electron chi connectivity index (χ0n) is 8.10. The molecular weight excluding hydrogens is 131 g/mol. The van der Waals surface area contributed by atoms with Crippen LogP contribution in [-0.2, 0) is 0 Å². The van der Waals surface area contributed by atoms with E-state index in [1.165, 1.54) is 0 Å². The van der Waals surface area contributed by atoms with E-state index in [9.17, 15) is 9.18 Å². The molecule has 0 amide bonds. The first-order chi connectivity index (χ1) is 5.91. The number of hydrogen-bond donors (Lipinski definition) is 0. The Bertz CT molecular complexity index is 315. The highest BCUT2D eigenvalue weighted by molar-refractivity contribution is 5.93. The number of carbonyl (C=O) groups is 1. The molecule has 0 spiro atoms. The molecule has 0 heterocycles. The Morgan fingerprint density at radius 1 is 1.50 bits per heavy atom. The minimum absolute atomic E-state index is 0.00130. The van der Waals surface area contributed by atoms with Gasteiger partial charge in [0.05, 0.1) is 0 Å². The van der Waals surface area contributed by atoms with Crippen molar-refractivity contribution in [1.29, 1.82) is 0 Å². The van der Waals surface area contributed by atoms with Gasteiger partial charge in [-0.15, -0.1) is 0 Å². The molecule has 0 saturated carbocycles. The number of hydrogen-bond acceptors (Lipinski definition) is 1. The highest BCUT2D eigenvalue weighted by atomic mass is 19.1. The molecule has 0 aliphatic rings. The lowest BCUT2D eigenvalue weighted by Gasteiger charge is -1.91. The molecule has 0 fully saturated rings. The molecule has 2 heteroatoms. The van der Waals surface area contributed by atoms with Gasteiger partial charge < -0.3 is 0 Å². The molecule has 52 valence electrons. The predicted octanol–water partition coefficient (Wildman–Crippen LogP) is 2.03. The molecule has 0 N–H and O–H groups in total. The average molecular weight is 141 g/mol. The maximum Gasteiger partial charge on any atom is 0.159 e. The lowest BCUT2D eigenvalue weighted by Crippen LogP contribution is -1.90. The molecule has 0 bridgehead atoms. The Morgan fingerprint density at radius 2 is 2.10 bits per heavy atom. The van der Waals surface area contributed by atoms with Gasteiger partial charge in [0.2, 0.25) is 0 Å². The van der Waals surface area contributed by atoms with Gasteiger partial charge in [-0.05, 0) is 31.1 Å². The van der Waals surface area contributed by atoms with Gasteiger partial charge in [-0.2, -0.15) is 0 Å². The van der Waals surface area contributed by atoms with Crippen LogP contribution >= 0.6 is 0 Å². The zero-order valence-corrected chi connectivity index (χ0v) is 5.10. The lowest BCUT2D eigenvalue weighted by atomic mass is 10.1. The van der Waals surface area contributed by atoms with Crippen molar-refractivity contribution in [3.8, 4) is 0 Å². The van der Waals surface area contributed by atoms with E-state index >= 15 is 0 Å². The molecule has 0 aromatic heterocycles. The Hall–Kier alpha value is -1.18. The van der Waals surface area contributed by atoms with E-state index in [2.05, 4.69) is 0 Å². The summed E-state index contributed by atoms with van der Waals surface area (Å²) < 4.78 is 32.9. The van der Waals surface area contributed by atoms with Crippen molar-refractivity contribution in [2.24, 2.45) is 0 Å². The van der Waals surface area contributed by atoms with E-state index in [0.717, 1.165) is 24.3 Å². The summed E-state index contributed by atoms with van der Waals surface area (Å²) in [6.45, 7) is -2.65. The van der Waals surface area contributed by atoms with Crippen LogP contribution in [0.5, 0.6) is 0 Å². The van der Waals surface area contributed by atoms with Crippen LogP contribution in [-0.4, -0.2) is 5.78 Å². The standard InChI is InChI=1S/C8H7FO/c1-6(10)7-2-4-8(9)5-3-7/h2-5H,1H3/i1D3. The second-order valence-corrected chi connectivity index (χ2v) is 1.84. The fourth-order valence-corrected chi connectivity index (χ4v) is 0.601. The van der Waals surface area contributed by atoms with Crippen LogP contribution in [0.3, 0.4) is 0 Å². The van der Waals surface area contributed by atoms with Crippen LogP contribution in [0, 0.1) is 5.82 Å². The monoisotopic (exact) mass is 141 g/mol. The number of carbonyl (C=O) groups excluding carboxylic acids is 1. The van der Waals surface area contributed by atoms with Crippen LogP contribution in [0.4, 0.5) is 4.39 Å². The molecule has 0 unspecified atom stereocenters. The number of benzene rings is 1. The normalized spacial score (nSPS) is 15.1. The molecule has 0 saturated heterocycles. The first kappa shape index (κ1) is 3.86. The van der Waals surface area contributed by atoms with Crippen LogP contribution in [0.25, 0.3) is 0 Å². The van der Waals surface area contributed by atoms with Crippen LogP contribution in [0.15, 0.2) is 24.3 Å². The first-order valence-corrected chi connectivity index (χ1v) is 2.71. The zero-order chi connectivity index (χ0) is 10.1. The molecular formula is C8H7FO. The van der Waals surface area contributed by atoms with Crippen molar-refractivity contribution in [3.05, 3.63) is 35.6 Å². The topological polar surface area (TPSA) is 17.1 Å². The Labute approximate surface area is 62.7 Å². The van der Waals surface area contributed by atoms with E-state index in [4.69, 9.17) is 4.11 Å². The van der Waals surface area contributed by atoms with Crippen LogP contribution in [0.1, 0.15) is 21.3 Å². The maximum atomic E-state index is 12.4. The number of rotatable bonds is 1. The molecule has 1 rings (SSSR count). The van der Waals surface area contributed by atoms with Crippen molar-refractivity contribution < 1.29 is 13.3 Å². The largest absolute Gasteiger partial charge is 0.295 e. The first-order valence-electron chi connectivity index (χ1n) is 4.21. The minimum atomic E-state index is -2.65. The fraction of sp³-hybridized carbons (Fsp3) is 0.125. The molecule has 1 aromatic rings. The third-order valence-electron chi connectivity index (χ3n) is 1.11. The third kappa shape index (κ3) is 1.41. The summed E-state index contributed by atoms with van der Waals surface area (Å²) in [7, 11) is 0. The van der Waals surface area contributed by atoms with E-state index in [-0.39, 0.29) is 5.56 Å². The minimum Gasteiger partial charge on any atom is -0.295 e. The van der Waals surface area contributed by atoms with Crippen molar-refractivity contribution in [1.82, 2.24) is 0 Å². The molecule has 0 atom stereocenters.